The number of carbonyl (C=O) groups excluding carboxylic acids is 1. The van der Waals surface area contributed by atoms with Gasteiger partial charge >= 0.3 is 0 Å². The van der Waals surface area contributed by atoms with Gasteiger partial charge < -0.3 is 9.90 Å². The van der Waals surface area contributed by atoms with Crippen molar-refractivity contribution in [2.45, 2.75) is 4.90 Å². The lowest BCUT2D eigenvalue weighted by Crippen LogP contribution is -2.25. The average molecular weight is 390 g/mol. The summed E-state index contributed by atoms with van der Waals surface area (Å²) < 4.78 is 27.1. The fourth-order valence-corrected chi connectivity index (χ4v) is 3.16. The van der Waals surface area contributed by atoms with E-state index in [4.69, 9.17) is 11.6 Å². The Morgan fingerprint density at radius 2 is 1.76 bits per heavy atom. The third kappa shape index (κ3) is 3.75. The van der Waals surface area contributed by atoms with E-state index in [1.165, 1.54) is 42.5 Å². The molecule has 0 aromatic heterocycles. The van der Waals surface area contributed by atoms with Gasteiger partial charge in [-0.1, -0.05) is 27.5 Å². The molecule has 0 bridgehead atoms. The Hall–Kier alpha value is -1.57. The van der Waals surface area contributed by atoms with Crippen LogP contribution in [0, 0.1) is 0 Å². The van der Waals surface area contributed by atoms with Crippen LogP contribution in [0.15, 0.2) is 51.8 Å². The Morgan fingerprint density at radius 3 is 2.33 bits per heavy atom. The fraction of sp³-hybridized carbons (Fsp3) is 0. The molecule has 0 radical (unpaired) electrons. The molecule has 0 fully saturated rings. The summed E-state index contributed by atoms with van der Waals surface area (Å²) in [6.07, 6.45) is 0. The second-order valence-electron chi connectivity index (χ2n) is 4.04. The number of nitrogens with one attached hydrogen (secondary N) is 1. The van der Waals surface area contributed by atoms with Crippen molar-refractivity contribution in [3.8, 4) is 0 Å². The van der Waals surface area contributed by atoms with E-state index in [9.17, 15) is 18.3 Å². The summed E-state index contributed by atoms with van der Waals surface area (Å²) in [5.41, 5.74) is -0.338. The third-order valence-corrected chi connectivity index (χ3v) is 4.70. The van der Waals surface area contributed by atoms with Gasteiger partial charge in [-0.3, -0.25) is 4.72 Å². The van der Waals surface area contributed by atoms with Crippen molar-refractivity contribution >= 4 is 49.2 Å². The van der Waals surface area contributed by atoms with Crippen LogP contribution in [0.4, 0.5) is 5.69 Å². The van der Waals surface area contributed by atoms with Gasteiger partial charge in [-0.25, -0.2) is 8.42 Å². The molecule has 21 heavy (non-hydrogen) atoms. The second kappa shape index (κ2) is 6.05. The highest BCUT2D eigenvalue weighted by Gasteiger charge is 2.16. The molecular weight excluding hydrogens is 382 g/mol. The fourth-order valence-electron chi connectivity index (χ4n) is 1.59. The molecule has 110 valence electrons. The van der Waals surface area contributed by atoms with E-state index >= 15 is 0 Å². The first kappa shape index (κ1) is 15.8. The lowest BCUT2D eigenvalue weighted by atomic mass is 10.2. The van der Waals surface area contributed by atoms with E-state index in [0.717, 1.165) is 0 Å². The van der Waals surface area contributed by atoms with Crippen LogP contribution in [0.3, 0.4) is 0 Å². The molecule has 0 saturated heterocycles. The van der Waals surface area contributed by atoms with Gasteiger partial charge in [0.2, 0.25) is 0 Å². The van der Waals surface area contributed by atoms with Gasteiger partial charge in [0, 0.05) is 15.1 Å². The number of rotatable bonds is 4. The molecule has 0 atom stereocenters. The Kier molecular flexibility index (Phi) is 4.55. The molecule has 0 spiro atoms. The number of carboxylic acids is 1. The summed E-state index contributed by atoms with van der Waals surface area (Å²) in [6.45, 7) is 0. The van der Waals surface area contributed by atoms with E-state index in [1.54, 1.807) is 0 Å². The van der Waals surface area contributed by atoms with Crippen molar-refractivity contribution in [2.24, 2.45) is 0 Å². The molecule has 2 rings (SSSR count). The molecule has 5 nitrogen and oxygen atoms in total. The maximum Gasteiger partial charge on any atom is 0.261 e. The van der Waals surface area contributed by atoms with Gasteiger partial charge in [0.1, 0.15) is 0 Å². The minimum atomic E-state index is -3.91. The predicted octanol–water partition coefficient (Wildman–Crippen LogP) is 2.27. The monoisotopic (exact) mass is 388 g/mol. The molecule has 0 amide bonds. The quantitative estimate of drug-likeness (QED) is 0.869. The molecule has 1 N–H and O–H groups in total. The SMILES string of the molecule is O=C([O-])c1cc(Br)ccc1NS(=O)(=O)c1ccc(Cl)cc1. The molecule has 0 aliphatic heterocycles. The molecular formula is C13H8BrClNO4S-. The molecule has 0 aliphatic carbocycles. The van der Waals surface area contributed by atoms with Crippen molar-refractivity contribution in [3.05, 3.63) is 57.5 Å². The lowest BCUT2D eigenvalue weighted by molar-refractivity contribution is -0.254. The Morgan fingerprint density at radius 1 is 1.14 bits per heavy atom. The highest BCUT2D eigenvalue weighted by molar-refractivity contribution is 9.10. The first-order valence-electron chi connectivity index (χ1n) is 5.59. The van der Waals surface area contributed by atoms with Crippen molar-refractivity contribution < 1.29 is 18.3 Å². The largest absolute Gasteiger partial charge is 0.545 e. The summed E-state index contributed by atoms with van der Waals surface area (Å²) >= 11 is 8.81. The van der Waals surface area contributed by atoms with Gasteiger partial charge in [-0.15, -0.1) is 0 Å². The molecule has 2 aromatic rings. The van der Waals surface area contributed by atoms with Crippen LogP contribution in [0.25, 0.3) is 0 Å². The first-order chi connectivity index (χ1) is 9.79. The second-order valence-corrected chi connectivity index (χ2v) is 7.07. The number of hydrogen-bond acceptors (Lipinski definition) is 4. The van der Waals surface area contributed by atoms with Crippen molar-refractivity contribution in [1.29, 1.82) is 0 Å². The van der Waals surface area contributed by atoms with Crippen LogP contribution in [-0.2, 0) is 10.0 Å². The zero-order chi connectivity index (χ0) is 15.6. The van der Waals surface area contributed by atoms with Gasteiger partial charge in [-0.2, -0.15) is 0 Å². The maximum atomic E-state index is 12.2. The van der Waals surface area contributed by atoms with E-state index in [-0.39, 0.29) is 16.1 Å². The van der Waals surface area contributed by atoms with Crippen LogP contribution >= 0.6 is 27.5 Å². The summed E-state index contributed by atoms with van der Waals surface area (Å²) in [4.78, 5) is 11.0. The highest BCUT2D eigenvalue weighted by Crippen LogP contribution is 2.24. The molecule has 0 aliphatic rings. The number of halogens is 2. The lowest BCUT2D eigenvalue weighted by Gasteiger charge is -2.13. The number of carbonyl (C=O) groups is 1. The number of hydrogen-bond donors (Lipinski definition) is 1. The maximum absolute atomic E-state index is 12.2. The number of carboxylic acid groups (broad SMARTS) is 1. The molecule has 0 unspecified atom stereocenters. The summed E-state index contributed by atoms with van der Waals surface area (Å²) in [7, 11) is -3.91. The van der Waals surface area contributed by atoms with E-state index in [2.05, 4.69) is 20.7 Å². The van der Waals surface area contributed by atoms with Gasteiger partial charge in [-0.05, 0) is 42.5 Å². The highest BCUT2D eigenvalue weighted by atomic mass is 79.9. The molecule has 0 heterocycles. The van der Waals surface area contributed by atoms with Crippen LogP contribution in [0.2, 0.25) is 5.02 Å². The molecule has 2 aromatic carbocycles. The third-order valence-electron chi connectivity index (χ3n) is 2.57. The summed E-state index contributed by atoms with van der Waals surface area (Å²) in [5, 5.41) is 11.5. The van der Waals surface area contributed by atoms with Crippen LogP contribution in [-0.4, -0.2) is 14.4 Å². The van der Waals surface area contributed by atoms with Crippen molar-refractivity contribution in [1.82, 2.24) is 0 Å². The van der Waals surface area contributed by atoms with Crippen LogP contribution in [0.5, 0.6) is 0 Å². The van der Waals surface area contributed by atoms with Gasteiger partial charge in [0.15, 0.2) is 0 Å². The number of anilines is 1. The first-order valence-corrected chi connectivity index (χ1v) is 8.24. The minimum Gasteiger partial charge on any atom is -0.545 e. The van der Waals surface area contributed by atoms with Crippen LogP contribution in [0.1, 0.15) is 10.4 Å². The predicted molar refractivity (Wildman–Crippen MR) is 80.7 cm³/mol. The summed E-state index contributed by atoms with van der Waals surface area (Å²) in [5.74, 6) is -1.48. The van der Waals surface area contributed by atoms with Gasteiger partial charge in [0.25, 0.3) is 10.0 Å². The zero-order valence-corrected chi connectivity index (χ0v) is 13.5. The normalized spacial score (nSPS) is 11.1. The standard InChI is InChI=1S/C13H9BrClNO4S/c14-8-1-6-12(11(7-8)13(17)18)16-21(19,20)10-4-2-9(15)3-5-10/h1-7,16H,(H,17,18)/p-1. The Balaban J connectivity index is 2.41. The number of aromatic carboxylic acids is 1. The van der Waals surface area contributed by atoms with Crippen LogP contribution < -0.4 is 9.83 Å². The van der Waals surface area contributed by atoms with E-state index in [0.29, 0.717) is 9.50 Å². The van der Waals surface area contributed by atoms with Crippen molar-refractivity contribution in [3.63, 3.8) is 0 Å². The smallest absolute Gasteiger partial charge is 0.261 e. The van der Waals surface area contributed by atoms with Gasteiger partial charge in [0.05, 0.1) is 16.6 Å². The number of sulfonamides is 1. The van der Waals surface area contributed by atoms with E-state index < -0.39 is 16.0 Å². The van der Waals surface area contributed by atoms with E-state index in [1.807, 2.05) is 0 Å². The number of benzene rings is 2. The topological polar surface area (TPSA) is 86.3 Å². The summed E-state index contributed by atoms with van der Waals surface area (Å²) in [6, 6.07) is 9.61. The Labute approximate surface area is 134 Å². The average Bonchev–Trinajstić information content (AvgIpc) is 2.41. The molecule has 0 saturated carbocycles. The Bertz CT molecular complexity index is 790. The zero-order valence-electron chi connectivity index (χ0n) is 10.3. The minimum absolute atomic E-state index is 0.0286. The molecule has 8 heteroatoms. The van der Waals surface area contributed by atoms with Crippen molar-refractivity contribution in [2.75, 3.05) is 4.72 Å².